The molecule has 5 N–H and O–H groups in total. The second kappa shape index (κ2) is 12.9. The van der Waals surface area contributed by atoms with Crippen LogP contribution in [-0.4, -0.2) is 51.5 Å². The predicted octanol–water partition coefficient (Wildman–Crippen LogP) is 3.78. The Morgan fingerprint density at radius 3 is 2.21 bits per heavy atom. The number of benzene rings is 2. The molecule has 3 unspecified atom stereocenters. The van der Waals surface area contributed by atoms with Crippen molar-refractivity contribution in [2.45, 2.75) is 78.1 Å². The summed E-state index contributed by atoms with van der Waals surface area (Å²) < 4.78 is 5.28. The minimum absolute atomic E-state index is 0.183. The van der Waals surface area contributed by atoms with Crippen LogP contribution in [0.25, 0.3) is 0 Å². The van der Waals surface area contributed by atoms with Gasteiger partial charge < -0.3 is 31.1 Å². The summed E-state index contributed by atoms with van der Waals surface area (Å²) in [7, 11) is 0. The summed E-state index contributed by atoms with van der Waals surface area (Å²) in [5, 5.41) is 16.0. The first-order chi connectivity index (χ1) is 17.7. The molecule has 3 atom stereocenters. The minimum Gasteiger partial charge on any atom is -0.508 e. The quantitative estimate of drug-likeness (QED) is 0.370. The monoisotopic (exact) mass is 526 g/mol. The highest BCUT2D eigenvalue weighted by molar-refractivity contribution is 6.00. The van der Waals surface area contributed by atoms with Gasteiger partial charge in [-0.15, -0.1) is 0 Å². The largest absolute Gasteiger partial charge is 0.508 e. The summed E-state index contributed by atoms with van der Waals surface area (Å²) in [5.41, 5.74) is 6.08. The second-order valence-electron chi connectivity index (χ2n) is 10.1. The number of aryl methyl sites for hydroxylation is 1. The van der Waals surface area contributed by atoms with Crippen LogP contribution >= 0.6 is 0 Å². The van der Waals surface area contributed by atoms with Crippen LogP contribution in [0, 0.1) is 6.92 Å². The number of phenolic OH excluding ortho intramolecular Hbond substituents is 1. The van der Waals surface area contributed by atoms with Gasteiger partial charge in [0.2, 0.25) is 11.8 Å². The third-order valence-electron chi connectivity index (χ3n) is 5.88. The molecule has 0 heterocycles. The van der Waals surface area contributed by atoms with E-state index in [9.17, 15) is 24.3 Å². The molecule has 0 aliphatic carbocycles. The maximum absolute atomic E-state index is 14.0. The number of para-hydroxylation sites is 2. The molecule has 2 rings (SSSR count). The van der Waals surface area contributed by atoms with Gasteiger partial charge in [0.25, 0.3) is 5.91 Å². The zero-order valence-electron chi connectivity index (χ0n) is 22.8. The molecule has 2 aromatic carbocycles. The molecule has 0 radical (unpaired) electrons. The smallest absolute Gasteiger partial charge is 0.408 e. The van der Waals surface area contributed by atoms with Crippen molar-refractivity contribution < 1.29 is 29.0 Å². The van der Waals surface area contributed by atoms with Gasteiger partial charge >= 0.3 is 6.09 Å². The second-order valence-corrected chi connectivity index (χ2v) is 10.1. The molecule has 0 spiro atoms. The molecule has 0 bridgehead atoms. The highest BCUT2D eigenvalue weighted by atomic mass is 16.6. The van der Waals surface area contributed by atoms with Crippen LogP contribution in [0.1, 0.15) is 64.6 Å². The number of carbonyl (C=O) groups is 4. The summed E-state index contributed by atoms with van der Waals surface area (Å²) in [6.45, 7) is 10.4. The Bertz CT molecular complexity index is 1160. The number of nitrogens with one attached hydrogen (secondary N) is 2. The van der Waals surface area contributed by atoms with Gasteiger partial charge in [0, 0.05) is 17.3 Å². The van der Waals surface area contributed by atoms with Crippen molar-refractivity contribution in [1.29, 1.82) is 0 Å². The lowest BCUT2D eigenvalue weighted by atomic mass is 9.98. The Morgan fingerprint density at radius 2 is 1.66 bits per heavy atom. The Labute approximate surface area is 223 Å². The molecule has 0 aliphatic rings. The standard InChI is InChI=1S/C28H38N4O6/c1-7-18(3)32(26(36)21(16-23(29)34)31-27(37)38-28(4,5)6)24(19-13-9-11-15-22(19)33)25(35)30-20-14-10-8-12-17(20)2/h8-15,18,21,24,33H,7,16H2,1-6H3,(H2,29,34)(H,30,35)(H,31,37). The number of amides is 4. The average Bonchev–Trinajstić information content (AvgIpc) is 2.81. The molecule has 0 saturated heterocycles. The van der Waals surface area contributed by atoms with Crippen LogP contribution in [-0.2, 0) is 19.1 Å². The zero-order chi connectivity index (χ0) is 28.6. The van der Waals surface area contributed by atoms with Crippen LogP contribution in [0.3, 0.4) is 0 Å². The Morgan fingerprint density at radius 1 is 1.05 bits per heavy atom. The van der Waals surface area contributed by atoms with Crippen molar-refractivity contribution in [3.8, 4) is 5.75 Å². The zero-order valence-corrected chi connectivity index (χ0v) is 22.8. The first-order valence-electron chi connectivity index (χ1n) is 12.5. The summed E-state index contributed by atoms with van der Waals surface area (Å²) >= 11 is 0. The SMILES string of the molecule is CCC(C)N(C(=O)C(CC(N)=O)NC(=O)OC(C)(C)C)C(C(=O)Nc1ccccc1C)c1ccccc1O. The molecule has 10 heteroatoms. The van der Waals surface area contributed by atoms with E-state index in [0.717, 1.165) is 5.56 Å². The first kappa shape index (κ1) is 30.1. The van der Waals surface area contributed by atoms with E-state index in [1.807, 2.05) is 26.0 Å². The number of nitrogens with zero attached hydrogens (tertiary/aromatic N) is 1. The minimum atomic E-state index is -1.41. The summed E-state index contributed by atoms with van der Waals surface area (Å²) in [6, 6.07) is 10.1. The molecule has 0 fully saturated rings. The van der Waals surface area contributed by atoms with Gasteiger partial charge in [-0.1, -0.05) is 43.3 Å². The van der Waals surface area contributed by atoms with Crippen LogP contribution in [0.2, 0.25) is 0 Å². The van der Waals surface area contributed by atoms with E-state index >= 15 is 0 Å². The van der Waals surface area contributed by atoms with Crippen LogP contribution in [0.4, 0.5) is 10.5 Å². The molecule has 206 valence electrons. The molecule has 10 nitrogen and oxygen atoms in total. The van der Waals surface area contributed by atoms with E-state index in [4.69, 9.17) is 10.5 Å². The summed E-state index contributed by atoms with van der Waals surface area (Å²) in [4.78, 5) is 53.5. The molecule has 2 aromatic rings. The number of carbonyl (C=O) groups excluding carboxylic acids is 4. The van der Waals surface area contributed by atoms with Crippen molar-refractivity contribution in [1.82, 2.24) is 10.2 Å². The highest BCUT2D eigenvalue weighted by Crippen LogP contribution is 2.33. The molecular weight excluding hydrogens is 488 g/mol. The number of alkyl carbamates (subject to hydrolysis) is 1. The van der Waals surface area contributed by atoms with E-state index < -0.39 is 54.0 Å². The molecule has 38 heavy (non-hydrogen) atoms. The van der Waals surface area contributed by atoms with E-state index in [1.54, 1.807) is 58.0 Å². The molecule has 0 saturated carbocycles. The van der Waals surface area contributed by atoms with Gasteiger partial charge in [-0.2, -0.15) is 0 Å². The van der Waals surface area contributed by atoms with Crippen molar-refractivity contribution >= 4 is 29.5 Å². The number of phenols is 1. The predicted molar refractivity (Wildman–Crippen MR) is 144 cm³/mol. The first-order valence-corrected chi connectivity index (χ1v) is 12.5. The molecule has 0 aliphatic heterocycles. The average molecular weight is 527 g/mol. The van der Waals surface area contributed by atoms with Crippen molar-refractivity contribution in [2.75, 3.05) is 5.32 Å². The summed E-state index contributed by atoms with van der Waals surface area (Å²) in [5.74, 6) is -2.32. The fourth-order valence-corrected chi connectivity index (χ4v) is 3.88. The Balaban J connectivity index is 2.60. The van der Waals surface area contributed by atoms with Gasteiger partial charge in [0.05, 0.1) is 6.42 Å². The third-order valence-corrected chi connectivity index (χ3v) is 5.88. The molecule has 4 amide bonds. The van der Waals surface area contributed by atoms with Crippen molar-refractivity contribution in [3.63, 3.8) is 0 Å². The number of primary amides is 1. The number of nitrogens with two attached hydrogens (primary N) is 1. The van der Waals surface area contributed by atoms with Gasteiger partial charge in [-0.25, -0.2) is 4.79 Å². The van der Waals surface area contributed by atoms with Gasteiger partial charge in [-0.3, -0.25) is 14.4 Å². The maximum atomic E-state index is 14.0. The normalized spacial score (nSPS) is 13.5. The molecule has 0 aromatic heterocycles. The van der Waals surface area contributed by atoms with E-state index in [0.29, 0.717) is 12.1 Å². The number of hydrogen-bond acceptors (Lipinski definition) is 6. The lowest BCUT2D eigenvalue weighted by molar-refractivity contribution is -0.144. The van der Waals surface area contributed by atoms with E-state index in [-0.39, 0.29) is 11.3 Å². The van der Waals surface area contributed by atoms with Gasteiger partial charge in [0.15, 0.2) is 0 Å². The third kappa shape index (κ3) is 8.22. The van der Waals surface area contributed by atoms with Crippen molar-refractivity contribution in [3.05, 3.63) is 59.7 Å². The molecular formula is C28H38N4O6. The lowest BCUT2D eigenvalue weighted by Gasteiger charge is -2.38. The number of ether oxygens (including phenoxy) is 1. The number of anilines is 1. The van der Waals surface area contributed by atoms with E-state index in [1.165, 1.54) is 11.0 Å². The van der Waals surface area contributed by atoms with Crippen LogP contribution in [0.15, 0.2) is 48.5 Å². The maximum Gasteiger partial charge on any atom is 0.408 e. The number of hydrogen-bond donors (Lipinski definition) is 4. The van der Waals surface area contributed by atoms with Gasteiger partial charge in [0.1, 0.15) is 23.4 Å². The lowest BCUT2D eigenvalue weighted by Crippen LogP contribution is -2.55. The van der Waals surface area contributed by atoms with Gasteiger partial charge in [-0.05, 0) is 58.7 Å². The topological polar surface area (TPSA) is 151 Å². The van der Waals surface area contributed by atoms with Crippen LogP contribution < -0.4 is 16.4 Å². The van der Waals surface area contributed by atoms with Crippen LogP contribution in [0.5, 0.6) is 5.75 Å². The Hall–Kier alpha value is -4.08. The fraction of sp³-hybridized carbons (Fsp3) is 0.429. The van der Waals surface area contributed by atoms with Crippen molar-refractivity contribution in [2.24, 2.45) is 5.73 Å². The highest BCUT2D eigenvalue weighted by Gasteiger charge is 2.40. The van der Waals surface area contributed by atoms with E-state index in [2.05, 4.69) is 10.6 Å². The Kier molecular flexibility index (Phi) is 10.3. The number of rotatable bonds is 10. The fourth-order valence-electron chi connectivity index (χ4n) is 3.88. The summed E-state index contributed by atoms with van der Waals surface area (Å²) in [6.07, 6.45) is -0.995. The number of aromatic hydroxyl groups is 1.